The number of nitrogens with zero attached hydrogens (tertiary/aromatic N) is 3. The molecule has 1 saturated heterocycles. The predicted molar refractivity (Wildman–Crippen MR) is 172 cm³/mol. The highest BCUT2D eigenvalue weighted by Crippen LogP contribution is 2.27. The topological polar surface area (TPSA) is 59.4 Å². The maximum atomic E-state index is 13.9. The Morgan fingerprint density at radius 2 is 1.80 bits per heavy atom. The third-order valence-electron chi connectivity index (χ3n) is 7.53. The molecule has 41 heavy (non-hydrogen) atoms. The van der Waals surface area contributed by atoms with Gasteiger partial charge in [-0.05, 0) is 43.0 Å². The van der Waals surface area contributed by atoms with Crippen LogP contribution in [0.3, 0.4) is 0 Å². The van der Waals surface area contributed by atoms with Gasteiger partial charge in [0.15, 0.2) is 11.0 Å². The van der Waals surface area contributed by atoms with Gasteiger partial charge in [0.2, 0.25) is 0 Å². The third kappa shape index (κ3) is 7.29. The van der Waals surface area contributed by atoms with Crippen LogP contribution in [0.25, 0.3) is 17.3 Å². The number of anilines is 1. The number of hydrogen-bond acceptors (Lipinski definition) is 5. The van der Waals surface area contributed by atoms with Crippen molar-refractivity contribution in [1.82, 2.24) is 14.5 Å². The lowest BCUT2D eigenvalue weighted by Gasteiger charge is -2.32. The number of methoxy groups -OCH3 is 1. The zero-order chi connectivity index (χ0) is 28.8. The molecule has 1 aromatic heterocycles. The molecule has 0 radical (unpaired) electrons. The van der Waals surface area contributed by atoms with Crippen LogP contribution < -0.4 is 21.1 Å². The van der Waals surface area contributed by atoms with Crippen LogP contribution in [0.5, 0.6) is 5.75 Å². The van der Waals surface area contributed by atoms with Gasteiger partial charge < -0.3 is 10.1 Å². The van der Waals surface area contributed by atoms with Crippen molar-refractivity contribution in [1.29, 1.82) is 0 Å². The highest BCUT2D eigenvalue weighted by Gasteiger charge is 2.23. The number of nitrogens with one attached hydrogen (secondary N) is 1. The van der Waals surface area contributed by atoms with Crippen LogP contribution in [-0.2, 0) is 6.54 Å². The first-order chi connectivity index (χ1) is 19.9. The van der Waals surface area contributed by atoms with Gasteiger partial charge in [0.25, 0.3) is 5.56 Å². The smallest absolute Gasteiger partial charge is 0.294 e. The number of rotatable bonds is 9. The minimum absolute atomic E-state index is 0.153. The number of likely N-dealkylation sites (tertiary alicyclic amines) is 1. The van der Waals surface area contributed by atoms with E-state index in [1.807, 2.05) is 62.4 Å². The molecular weight excluding hydrogens is 531 g/mol. The van der Waals surface area contributed by atoms with E-state index in [-0.39, 0.29) is 11.6 Å². The zero-order valence-corrected chi connectivity index (χ0v) is 24.7. The summed E-state index contributed by atoms with van der Waals surface area (Å²) in [7, 11) is 3.67. The van der Waals surface area contributed by atoms with E-state index in [9.17, 15) is 4.79 Å². The maximum absolute atomic E-state index is 13.9. The maximum Gasteiger partial charge on any atom is 0.294 e. The van der Waals surface area contributed by atoms with Crippen LogP contribution >= 0.6 is 11.6 Å². The van der Waals surface area contributed by atoms with Crippen molar-refractivity contribution >= 4 is 36.8 Å². The molecule has 0 unspecified atom stereocenters. The Bertz CT molecular complexity index is 1560. The van der Waals surface area contributed by atoms with Gasteiger partial charge in [-0.3, -0.25) is 14.3 Å². The summed E-state index contributed by atoms with van der Waals surface area (Å²) in [4.78, 5) is 21.0. The number of halogens is 1. The number of ether oxygens (including phenoxy) is 1. The van der Waals surface area contributed by atoms with Crippen molar-refractivity contribution < 1.29 is 4.74 Å². The average Bonchev–Trinajstić information content (AvgIpc) is 2.97. The van der Waals surface area contributed by atoms with Gasteiger partial charge in [-0.15, -0.1) is 0 Å². The van der Waals surface area contributed by atoms with Crippen LogP contribution in [0.1, 0.15) is 30.9 Å². The van der Waals surface area contributed by atoms with Crippen molar-refractivity contribution in [2.45, 2.75) is 32.4 Å². The average molecular weight is 567 g/mol. The molecule has 1 fully saturated rings. The first-order valence-electron chi connectivity index (χ1n) is 14.1. The van der Waals surface area contributed by atoms with Gasteiger partial charge in [0, 0.05) is 31.2 Å². The molecule has 0 atom stereocenters. The lowest BCUT2D eigenvalue weighted by molar-refractivity contribution is 0.236. The summed E-state index contributed by atoms with van der Waals surface area (Å²) in [5, 5.41) is 3.76. The molecule has 5 rings (SSSR count). The Balaban J connectivity index is 1.34. The molecule has 0 bridgehead atoms. The lowest BCUT2D eigenvalue weighted by atomic mass is 9.93. The van der Waals surface area contributed by atoms with Gasteiger partial charge in [-0.25, -0.2) is 4.98 Å². The summed E-state index contributed by atoms with van der Waals surface area (Å²) < 4.78 is 7.05. The molecule has 210 valence electrons. The molecule has 1 aliphatic heterocycles. The van der Waals surface area contributed by atoms with E-state index >= 15 is 0 Å². The second-order valence-electron chi connectivity index (χ2n) is 10.8. The minimum Gasteiger partial charge on any atom is -0.497 e. The summed E-state index contributed by atoms with van der Waals surface area (Å²) in [6, 6.07) is 26.3. The quantitative estimate of drug-likeness (QED) is 0.293. The predicted octanol–water partition coefficient (Wildman–Crippen LogP) is 4.86. The first-order valence-corrected chi connectivity index (χ1v) is 14.5. The van der Waals surface area contributed by atoms with E-state index in [1.54, 1.807) is 11.7 Å². The molecule has 0 aliphatic carbocycles. The highest BCUT2D eigenvalue weighted by molar-refractivity contribution is 6.33. The Morgan fingerprint density at radius 1 is 1.07 bits per heavy atom. The number of hydrogen-bond donors (Lipinski definition) is 1. The van der Waals surface area contributed by atoms with Gasteiger partial charge >= 0.3 is 0 Å². The van der Waals surface area contributed by atoms with Crippen molar-refractivity contribution in [3.05, 3.63) is 111 Å². The number of piperidine rings is 1. The standard InChI is InChI=1S/C33H36BClN4O2/c1-23(19-24-7-4-3-5-8-24)21-38-17-15-28(16-18-38)36-32-33(40)39(22-25-11-13-29(41-2)14-12-25)30(31(35)37-32)26-9-6-10-27(34)20-26/h3-14,19-20,28H,15-18,21-22,34H2,1-2H3,(H,36,37)/b23-19+. The van der Waals surface area contributed by atoms with Crippen LogP contribution in [0.2, 0.25) is 5.15 Å². The van der Waals surface area contributed by atoms with E-state index in [2.05, 4.69) is 52.5 Å². The van der Waals surface area contributed by atoms with Crippen LogP contribution in [-0.4, -0.2) is 55.1 Å². The Morgan fingerprint density at radius 3 is 2.49 bits per heavy atom. The molecule has 8 heteroatoms. The fourth-order valence-corrected chi connectivity index (χ4v) is 5.72. The van der Waals surface area contributed by atoms with Crippen molar-refractivity contribution in [2.24, 2.45) is 0 Å². The molecule has 0 amide bonds. The molecular formula is C33H36BClN4O2. The molecule has 0 saturated carbocycles. The Labute approximate surface area is 248 Å². The van der Waals surface area contributed by atoms with Crippen LogP contribution in [0.4, 0.5) is 5.82 Å². The zero-order valence-electron chi connectivity index (χ0n) is 23.9. The van der Waals surface area contributed by atoms with E-state index in [4.69, 9.17) is 16.3 Å². The molecule has 4 aromatic rings. The summed E-state index contributed by atoms with van der Waals surface area (Å²) in [6.07, 6.45) is 4.10. The van der Waals surface area contributed by atoms with E-state index in [0.717, 1.165) is 54.8 Å². The fourth-order valence-electron chi connectivity index (χ4n) is 5.43. The van der Waals surface area contributed by atoms with Gasteiger partial charge in [0.05, 0.1) is 19.3 Å². The van der Waals surface area contributed by atoms with Crippen molar-refractivity contribution in [3.63, 3.8) is 0 Å². The minimum atomic E-state index is -0.175. The second kappa shape index (κ2) is 13.2. The number of aromatic nitrogens is 2. The molecule has 3 aromatic carbocycles. The van der Waals surface area contributed by atoms with E-state index in [1.165, 1.54) is 11.1 Å². The van der Waals surface area contributed by atoms with Crippen LogP contribution in [0.15, 0.2) is 89.2 Å². The summed E-state index contributed by atoms with van der Waals surface area (Å²) in [5.74, 6) is 1.07. The van der Waals surface area contributed by atoms with Crippen LogP contribution in [0, 0.1) is 0 Å². The van der Waals surface area contributed by atoms with E-state index in [0.29, 0.717) is 23.2 Å². The lowest BCUT2D eigenvalue weighted by Crippen LogP contribution is -2.41. The Hall–Kier alpha value is -3.81. The first kappa shape index (κ1) is 28.7. The van der Waals surface area contributed by atoms with Gasteiger partial charge in [-0.1, -0.05) is 95.4 Å². The highest BCUT2D eigenvalue weighted by atomic mass is 35.5. The fraction of sp³-hybridized carbons (Fsp3) is 0.273. The molecule has 2 heterocycles. The summed E-state index contributed by atoms with van der Waals surface area (Å²) >= 11 is 6.83. The van der Waals surface area contributed by atoms with Crippen molar-refractivity contribution in [2.75, 3.05) is 32.1 Å². The Kier molecular flexibility index (Phi) is 9.27. The monoisotopic (exact) mass is 566 g/mol. The summed E-state index contributed by atoms with van der Waals surface area (Å²) in [6.45, 7) is 5.39. The number of benzene rings is 3. The van der Waals surface area contributed by atoms with Gasteiger partial charge in [0.1, 0.15) is 13.6 Å². The SMILES string of the molecule is Bc1cccc(-c2c(Cl)nc(NC3CCN(C/C(C)=C/c4ccccc4)CC3)c(=O)n2Cc2ccc(OC)cc2)c1. The molecule has 1 aliphatic rings. The normalized spacial score (nSPS) is 14.7. The third-order valence-corrected chi connectivity index (χ3v) is 7.79. The second-order valence-corrected chi connectivity index (χ2v) is 11.2. The summed E-state index contributed by atoms with van der Waals surface area (Å²) in [5.41, 5.74) is 5.94. The van der Waals surface area contributed by atoms with Gasteiger partial charge in [-0.2, -0.15) is 0 Å². The van der Waals surface area contributed by atoms with E-state index < -0.39 is 0 Å². The largest absolute Gasteiger partial charge is 0.497 e. The molecule has 0 spiro atoms. The van der Waals surface area contributed by atoms with Crippen molar-refractivity contribution in [3.8, 4) is 17.0 Å². The molecule has 6 nitrogen and oxygen atoms in total. The molecule has 1 N–H and O–H groups in total.